The molecule has 1 atom stereocenters. The van der Waals surface area contributed by atoms with Gasteiger partial charge in [0.1, 0.15) is 11.7 Å². The minimum absolute atomic E-state index is 0.171. The molecule has 0 fully saturated rings. The number of carboxylic acids is 1. The SMILES string of the molecule is NC(CN(c1ccccc1[N+](=O)[O-])S(=O)(=O)O)C(=O)O. The molecule has 0 aliphatic heterocycles. The van der Waals surface area contributed by atoms with E-state index in [1.54, 1.807) is 0 Å². The van der Waals surface area contributed by atoms with Gasteiger partial charge in [0, 0.05) is 6.07 Å². The molecule has 1 rings (SSSR count). The van der Waals surface area contributed by atoms with Gasteiger partial charge in [-0.2, -0.15) is 8.42 Å². The van der Waals surface area contributed by atoms with Crippen molar-refractivity contribution in [3.63, 3.8) is 0 Å². The highest BCUT2D eigenvalue weighted by Gasteiger charge is 2.30. The van der Waals surface area contributed by atoms with E-state index < -0.39 is 45.2 Å². The minimum atomic E-state index is -4.92. The van der Waals surface area contributed by atoms with Gasteiger partial charge in [-0.25, -0.2) is 4.31 Å². The van der Waals surface area contributed by atoms with Gasteiger partial charge in [-0.15, -0.1) is 0 Å². The Morgan fingerprint density at radius 1 is 1.45 bits per heavy atom. The summed E-state index contributed by atoms with van der Waals surface area (Å²) in [5, 5.41) is 19.5. The lowest BCUT2D eigenvalue weighted by Crippen LogP contribution is -2.45. The largest absolute Gasteiger partial charge is 0.480 e. The van der Waals surface area contributed by atoms with Gasteiger partial charge in [0.25, 0.3) is 5.69 Å². The van der Waals surface area contributed by atoms with Crippen molar-refractivity contribution in [3.05, 3.63) is 34.4 Å². The summed E-state index contributed by atoms with van der Waals surface area (Å²) in [5.74, 6) is -1.52. The average molecular weight is 305 g/mol. The van der Waals surface area contributed by atoms with Crippen LogP contribution in [0.4, 0.5) is 11.4 Å². The molecule has 0 saturated carbocycles. The molecule has 0 spiro atoms. The summed E-state index contributed by atoms with van der Waals surface area (Å²) >= 11 is 0. The predicted octanol–water partition coefficient (Wildman–Crippen LogP) is -0.384. The maximum Gasteiger partial charge on any atom is 0.360 e. The highest BCUT2D eigenvalue weighted by atomic mass is 32.2. The van der Waals surface area contributed by atoms with Crippen LogP contribution in [0.5, 0.6) is 0 Å². The summed E-state index contributed by atoms with van der Waals surface area (Å²) in [6.07, 6.45) is 0. The molecule has 0 aromatic heterocycles. The van der Waals surface area contributed by atoms with Gasteiger partial charge in [0.05, 0.1) is 11.5 Å². The van der Waals surface area contributed by atoms with Gasteiger partial charge in [-0.3, -0.25) is 19.5 Å². The normalized spacial score (nSPS) is 12.7. The van der Waals surface area contributed by atoms with Crippen molar-refractivity contribution < 1.29 is 27.8 Å². The molecule has 0 aliphatic carbocycles. The van der Waals surface area contributed by atoms with E-state index in [0.717, 1.165) is 12.1 Å². The number of rotatable bonds is 6. The zero-order valence-electron chi connectivity index (χ0n) is 9.91. The van der Waals surface area contributed by atoms with Crippen molar-refractivity contribution in [2.45, 2.75) is 6.04 Å². The number of hydrogen-bond donors (Lipinski definition) is 3. The van der Waals surface area contributed by atoms with Crippen molar-refractivity contribution in [1.82, 2.24) is 0 Å². The first-order chi connectivity index (χ1) is 9.14. The Morgan fingerprint density at radius 2 is 2.00 bits per heavy atom. The number of nitrogens with two attached hydrogens (primary N) is 1. The smallest absolute Gasteiger partial charge is 0.360 e. The molecule has 20 heavy (non-hydrogen) atoms. The van der Waals surface area contributed by atoms with Gasteiger partial charge >= 0.3 is 16.3 Å². The fourth-order valence-electron chi connectivity index (χ4n) is 1.40. The first kappa shape index (κ1) is 15.8. The van der Waals surface area contributed by atoms with E-state index in [1.807, 2.05) is 0 Å². The van der Waals surface area contributed by atoms with Crippen LogP contribution < -0.4 is 10.0 Å². The molecule has 1 aromatic carbocycles. The predicted molar refractivity (Wildman–Crippen MR) is 67.6 cm³/mol. The number of nitro groups is 1. The summed E-state index contributed by atoms with van der Waals surface area (Å²) in [6.45, 7) is -0.848. The van der Waals surface area contributed by atoms with Gasteiger partial charge in [0.15, 0.2) is 0 Å². The fourth-order valence-corrected chi connectivity index (χ4v) is 2.15. The van der Waals surface area contributed by atoms with Gasteiger partial charge in [-0.05, 0) is 6.07 Å². The van der Waals surface area contributed by atoms with Crippen molar-refractivity contribution in [1.29, 1.82) is 0 Å². The topological polar surface area (TPSA) is 164 Å². The average Bonchev–Trinajstić information content (AvgIpc) is 2.33. The Hall–Kier alpha value is -2.24. The van der Waals surface area contributed by atoms with Crippen molar-refractivity contribution >= 4 is 27.6 Å². The lowest BCUT2D eigenvalue weighted by Gasteiger charge is -2.22. The van der Waals surface area contributed by atoms with Crippen LogP contribution >= 0.6 is 0 Å². The van der Waals surface area contributed by atoms with Crippen LogP contribution in [-0.4, -0.2) is 41.6 Å². The van der Waals surface area contributed by atoms with E-state index >= 15 is 0 Å². The fraction of sp³-hybridized carbons (Fsp3) is 0.222. The maximum absolute atomic E-state index is 11.3. The molecule has 0 radical (unpaired) electrons. The molecule has 10 nitrogen and oxygen atoms in total. The monoisotopic (exact) mass is 305 g/mol. The number of nitro benzene ring substituents is 1. The summed E-state index contributed by atoms with van der Waals surface area (Å²) in [4.78, 5) is 20.6. The van der Waals surface area contributed by atoms with Crippen LogP contribution in [0.25, 0.3) is 0 Å². The lowest BCUT2D eigenvalue weighted by molar-refractivity contribution is -0.384. The van der Waals surface area contributed by atoms with Crippen LogP contribution in [0.3, 0.4) is 0 Å². The minimum Gasteiger partial charge on any atom is -0.480 e. The molecule has 110 valence electrons. The van der Waals surface area contributed by atoms with Gasteiger partial charge in [-0.1, -0.05) is 12.1 Å². The summed E-state index contributed by atoms with van der Waals surface area (Å²) in [5.41, 5.74) is 4.11. The van der Waals surface area contributed by atoms with Crippen LogP contribution in [-0.2, 0) is 15.1 Å². The second kappa shape index (κ2) is 5.81. The van der Waals surface area contributed by atoms with Crippen LogP contribution in [0.1, 0.15) is 0 Å². The number of para-hydroxylation sites is 2. The second-order valence-corrected chi connectivity index (χ2v) is 5.04. The molecular formula is C9H11N3O7S. The van der Waals surface area contributed by atoms with Crippen molar-refractivity contribution in [2.24, 2.45) is 5.73 Å². The number of anilines is 1. The Balaban J connectivity index is 3.33. The number of hydrogen-bond acceptors (Lipinski definition) is 6. The van der Waals surface area contributed by atoms with E-state index in [1.165, 1.54) is 12.1 Å². The van der Waals surface area contributed by atoms with E-state index in [2.05, 4.69) is 0 Å². The maximum atomic E-state index is 11.3. The summed E-state index contributed by atoms with van der Waals surface area (Å²) in [7, 11) is -4.92. The Kier molecular flexibility index (Phi) is 4.60. The molecule has 0 aliphatic rings. The first-order valence-corrected chi connectivity index (χ1v) is 6.51. The second-order valence-electron chi connectivity index (χ2n) is 3.70. The zero-order chi connectivity index (χ0) is 15.5. The Labute approximate surface area is 113 Å². The van der Waals surface area contributed by atoms with E-state index in [9.17, 15) is 23.3 Å². The molecule has 0 amide bonds. The lowest BCUT2D eigenvalue weighted by atomic mass is 10.2. The van der Waals surface area contributed by atoms with Crippen molar-refractivity contribution in [2.75, 3.05) is 10.8 Å². The third-order valence-electron chi connectivity index (χ3n) is 2.31. The number of carbonyl (C=O) groups is 1. The Morgan fingerprint density at radius 3 is 2.45 bits per heavy atom. The zero-order valence-corrected chi connectivity index (χ0v) is 10.7. The van der Waals surface area contributed by atoms with Crippen molar-refractivity contribution in [3.8, 4) is 0 Å². The third-order valence-corrected chi connectivity index (χ3v) is 3.21. The molecule has 0 saturated heterocycles. The number of carboxylic acid groups (broad SMARTS) is 1. The number of benzene rings is 1. The summed E-state index contributed by atoms with van der Waals surface area (Å²) in [6, 6.07) is 3.00. The number of nitrogens with zero attached hydrogens (tertiary/aromatic N) is 2. The molecular weight excluding hydrogens is 294 g/mol. The van der Waals surface area contributed by atoms with E-state index in [0.29, 0.717) is 0 Å². The molecule has 4 N–H and O–H groups in total. The quantitative estimate of drug-likeness (QED) is 0.363. The Bertz CT molecular complexity index is 630. The van der Waals surface area contributed by atoms with Crippen LogP contribution in [0.15, 0.2) is 24.3 Å². The summed E-state index contributed by atoms with van der Waals surface area (Å²) < 4.78 is 31.8. The van der Waals surface area contributed by atoms with Crippen LogP contribution in [0.2, 0.25) is 0 Å². The number of aliphatic carboxylic acids is 1. The molecule has 1 unspecified atom stereocenters. The molecule has 1 aromatic rings. The van der Waals surface area contributed by atoms with Gasteiger partial charge in [0.2, 0.25) is 0 Å². The van der Waals surface area contributed by atoms with Crippen LogP contribution in [0, 0.1) is 10.1 Å². The third kappa shape index (κ3) is 3.63. The highest BCUT2D eigenvalue weighted by Crippen LogP contribution is 2.29. The molecule has 11 heteroatoms. The standard InChI is InChI=1S/C9H11N3O7S/c10-6(9(13)14)5-11(20(17,18)19)7-3-1-2-4-8(7)12(15)16/h1-4,6H,5,10H2,(H,13,14)(H,17,18,19). The van der Waals surface area contributed by atoms with E-state index in [-0.39, 0.29) is 4.31 Å². The van der Waals surface area contributed by atoms with E-state index in [4.69, 9.17) is 15.4 Å². The highest BCUT2D eigenvalue weighted by molar-refractivity contribution is 7.87. The molecule has 0 heterocycles. The van der Waals surface area contributed by atoms with Gasteiger partial charge < -0.3 is 10.8 Å². The first-order valence-electron chi connectivity index (χ1n) is 5.11. The molecule has 0 bridgehead atoms.